The molecule has 6 heteroatoms. The first-order valence-electron chi connectivity index (χ1n) is 4.54. The lowest BCUT2D eigenvalue weighted by molar-refractivity contribution is -0.0981. The third-order valence-electron chi connectivity index (χ3n) is 1.71. The fourth-order valence-electron chi connectivity index (χ4n) is 1.07. The van der Waals surface area contributed by atoms with Crippen LogP contribution in [0.5, 0.6) is 0 Å². The lowest BCUT2D eigenvalue weighted by Gasteiger charge is -1.99. The molecule has 0 bridgehead atoms. The van der Waals surface area contributed by atoms with Crippen LogP contribution in [0.3, 0.4) is 0 Å². The maximum Gasteiger partial charge on any atom is 0.409 e. The van der Waals surface area contributed by atoms with Crippen LogP contribution in [0.2, 0.25) is 0 Å². The van der Waals surface area contributed by atoms with Crippen molar-refractivity contribution in [2.45, 2.75) is 44.5 Å². The average Bonchev–Trinajstić information content (AvgIpc) is 2.54. The van der Waals surface area contributed by atoms with E-state index in [9.17, 15) is 26.3 Å². The summed E-state index contributed by atoms with van der Waals surface area (Å²) in [6, 6.07) is 0. The van der Waals surface area contributed by atoms with Crippen molar-refractivity contribution in [1.82, 2.24) is 0 Å². The van der Waals surface area contributed by atoms with Crippen LogP contribution in [0.1, 0.15) is 32.1 Å². The maximum atomic E-state index is 11.0. The van der Waals surface area contributed by atoms with E-state index in [2.05, 4.69) is 0 Å². The summed E-state index contributed by atoms with van der Waals surface area (Å²) in [6.07, 6.45) is -3.99. The number of hydrogen-bond acceptors (Lipinski definition) is 0. The smallest absolute Gasteiger partial charge is 0.167 e. The average molecular weight is 234 g/mol. The molecule has 0 aromatic carbocycles. The molecule has 0 heterocycles. The highest BCUT2D eigenvalue weighted by Gasteiger charge is 2.29. The van der Waals surface area contributed by atoms with Crippen LogP contribution in [-0.2, 0) is 0 Å². The molecule has 0 radical (unpaired) electrons. The quantitative estimate of drug-likeness (QED) is 0.424. The molecule has 0 atom stereocenters. The molecular weight excluding hydrogens is 222 g/mol. The van der Waals surface area contributed by atoms with Gasteiger partial charge in [0.25, 0.3) is 0 Å². The van der Waals surface area contributed by atoms with E-state index in [-0.39, 0.29) is 0 Å². The molecule has 0 spiro atoms. The monoisotopic (exact) mass is 234 g/mol. The van der Waals surface area contributed by atoms with E-state index in [0.717, 1.165) is 0 Å². The predicted molar refractivity (Wildman–Crippen MR) is 44.3 cm³/mol. The van der Waals surface area contributed by atoms with Gasteiger partial charge in [0.1, 0.15) is 0 Å². The van der Waals surface area contributed by atoms with Crippen molar-refractivity contribution in [3.8, 4) is 0 Å². The van der Waals surface area contributed by atoms with Gasteiger partial charge in [-0.3, -0.25) is 0 Å². The molecule has 90 valence electrons. The molecule has 1 fully saturated rings. The van der Waals surface area contributed by atoms with Gasteiger partial charge in [-0.2, -0.15) is 26.3 Å². The van der Waals surface area contributed by atoms with Crippen LogP contribution in [-0.4, -0.2) is 12.4 Å². The lowest BCUT2D eigenvalue weighted by Crippen LogP contribution is -2.07. The van der Waals surface area contributed by atoms with Crippen LogP contribution in [0.4, 0.5) is 26.3 Å². The Morgan fingerprint density at radius 3 is 0.867 bits per heavy atom. The standard InChI is InChI=1S/C5H10.C4H2F6/c1-2-4-5-3-1;5-3(6,7)1-2-4(8,9)10/h1-5H2;1-2H/b;2-1+. The molecule has 0 unspecified atom stereocenters. The van der Waals surface area contributed by atoms with E-state index in [0.29, 0.717) is 0 Å². The summed E-state index contributed by atoms with van der Waals surface area (Å²) in [5, 5.41) is 0. The van der Waals surface area contributed by atoms with Crippen LogP contribution in [0.25, 0.3) is 0 Å². The number of hydrogen-bond donors (Lipinski definition) is 0. The number of allylic oxidation sites excluding steroid dienone is 2. The molecule has 15 heavy (non-hydrogen) atoms. The van der Waals surface area contributed by atoms with Gasteiger partial charge in [-0.25, -0.2) is 0 Å². The zero-order valence-corrected chi connectivity index (χ0v) is 7.96. The third-order valence-corrected chi connectivity index (χ3v) is 1.71. The number of rotatable bonds is 0. The molecule has 1 saturated carbocycles. The highest BCUT2D eigenvalue weighted by molar-refractivity contribution is 4.93. The van der Waals surface area contributed by atoms with Gasteiger partial charge in [-0.1, -0.05) is 32.1 Å². The first kappa shape index (κ1) is 14.3. The van der Waals surface area contributed by atoms with Crippen LogP contribution >= 0.6 is 0 Å². The molecule has 0 nitrogen and oxygen atoms in total. The molecule has 0 aliphatic heterocycles. The Morgan fingerprint density at radius 1 is 0.533 bits per heavy atom. The SMILES string of the molecule is C1CCCC1.FC(F)(F)/C=C/C(F)(F)F. The van der Waals surface area contributed by atoms with Crippen molar-refractivity contribution < 1.29 is 26.3 Å². The van der Waals surface area contributed by atoms with Gasteiger partial charge in [-0.05, 0) is 0 Å². The minimum Gasteiger partial charge on any atom is -0.167 e. The first-order chi connectivity index (χ1) is 6.71. The Balaban J connectivity index is 0.000000322. The van der Waals surface area contributed by atoms with Gasteiger partial charge >= 0.3 is 12.4 Å². The van der Waals surface area contributed by atoms with Crippen molar-refractivity contribution in [2.75, 3.05) is 0 Å². The van der Waals surface area contributed by atoms with Gasteiger partial charge in [-0.15, -0.1) is 0 Å². The lowest BCUT2D eigenvalue weighted by atomic mass is 10.4. The molecular formula is C9H12F6. The summed E-state index contributed by atoms with van der Waals surface area (Å²) in [6.45, 7) is 0. The molecule has 0 N–H and O–H groups in total. The Morgan fingerprint density at radius 2 is 0.733 bits per heavy atom. The van der Waals surface area contributed by atoms with E-state index in [1.165, 1.54) is 32.1 Å². The van der Waals surface area contributed by atoms with Gasteiger partial charge in [0.05, 0.1) is 0 Å². The molecule has 0 aromatic heterocycles. The van der Waals surface area contributed by atoms with Crippen LogP contribution in [0, 0.1) is 0 Å². The Kier molecular flexibility index (Phi) is 5.75. The van der Waals surface area contributed by atoms with Crippen LogP contribution < -0.4 is 0 Å². The van der Waals surface area contributed by atoms with E-state index >= 15 is 0 Å². The fourth-order valence-corrected chi connectivity index (χ4v) is 1.07. The normalized spacial score (nSPS) is 17.7. The number of alkyl halides is 6. The highest BCUT2D eigenvalue weighted by Crippen LogP contribution is 2.22. The van der Waals surface area contributed by atoms with E-state index in [4.69, 9.17) is 0 Å². The molecule has 1 aliphatic rings. The molecule has 0 saturated heterocycles. The largest absolute Gasteiger partial charge is 0.409 e. The zero-order chi connectivity index (χ0) is 11.9. The van der Waals surface area contributed by atoms with Crippen molar-refractivity contribution in [3.63, 3.8) is 0 Å². The zero-order valence-electron chi connectivity index (χ0n) is 7.96. The van der Waals surface area contributed by atoms with Gasteiger partial charge in [0.15, 0.2) is 0 Å². The van der Waals surface area contributed by atoms with Crippen molar-refractivity contribution in [3.05, 3.63) is 12.2 Å². The highest BCUT2D eigenvalue weighted by atomic mass is 19.4. The van der Waals surface area contributed by atoms with E-state index < -0.39 is 24.5 Å². The third kappa shape index (κ3) is 13.3. The summed E-state index contributed by atoms with van der Waals surface area (Å²) in [4.78, 5) is 0. The Hall–Kier alpha value is -0.680. The summed E-state index contributed by atoms with van der Waals surface area (Å²) in [7, 11) is 0. The van der Waals surface area contributed by atoms with Crippen molar-refractivity contribution in [2.24, 2.45) is 0 Å². The summed E-state index contributed by atoms with van der Waals surface area (Å²) in [5.41, 5.74) is 0. The number of halogens is 6. The Bertz CT molecular complexity index is 160. The Labute approximate surface area is 84.0 Å². The minimum atomic E-state index is -4.89. The molecule has 0 aromatic rings. The minimum absolute atomic E-state index is 0.854. The van der Waals surface area contributed by atoms with E-state index in [1.54, 1.807) is 0 Å². The summed E-state index contributed by atoms with van der Waals surface area (Å²) >= 11 is 0. The second-order valence-electron chi connectivity index (χ2n) is 3.18. The van der Waals surface area contributed by atoms with Crippen LogP contribution in [0.15, 0.2) is 12.2 Å². The second kappa shape index (κ2) is 6.02. The summed E-state index contributed by atoms with van der Waals surface area (Å²) < 4.78 is 66.0. The van der Waals surface area contributed by atoms with E-state index in [1.807, 2.05) is 0 Å². The molecule has 1 rings (SSSR count). The van der Waals surface area contributed by atoms with Gasteiger partial charge in [0.2, 0.25) is 0 Å². The fraction of sp³-hybridized carbons (Fsp3) is 0.778. The van der Waals surface area contributed by atoms with Crippen molar-refractivity contribution >= 4 is 0 Å². The van der Waals surface area contributed by atoms with Crippen molar-refractivity contribution in [1.29, 1.82) is 0 Å². The van der Waals surface area contributed by atoms with Gasteiger partial charge in [0, 0.05) is 12.2 Å². The molecule has 1 aliphatic carbocycles. The second-order valence-corrected chi connectivity index (χ2v) is 3.18. The first-order valence-corrected chi connectivity index (χ1v) is 4.54. The maximum absolute atomic E-state index is 11.0. The predicted octanol–water partition coefficient (Wildman–Crippen LogP) is 4.62. The summed E-state index contributed by atoms with van der Waals surface area (Å²) in [5.74, 6) is 0. The molecule has 0 amide bonds. The van der Waals surface area contributed by atoms with Gasteiger partial charge < -0.3 is 0 Å². The topological polar surface area (TPSA) is 0 Å².